The van der Waals surface area contributed by atoms with Crippen LogP contribution in [-0.2, 0) is 16.1 Å². The van der Waals surface area contributed by atoms with Crippen molar-refractivity contribution in [1.82, 2.24) is 0 Å². The van der Waals surface area contributed by atoms with Crippen molar-refractivity contribution in [3.8, 4) is 5.75 Å². The first-order valence-electron chi connectivity index (χ1n) is 5.32. The second kappa shape index (κ2) is 4.63. The highest BCUT2D eigenvalue weighted by Gasteiger charge is 2.21. The molecule has 4 nitrogen and oxygen atoms in total. The molecule has 2 rings (SSSR count). The van der Waals surface area contributed by atoms with Crippen molar-refractivity contribution in [3.63, 3.8) is 0 Å². The molecule has 0 amide bonds. The van der Waals surface area contributed by atoms with Gasteiger partial charge in [-0.1, -0.05) is 6.07 Å². The van der Waals surface area contributed by atoms with Gasteiger partial charge in [-0.15, -0.1) is 0 Å². The summed E-state index contributed by atoms with van der Waals surface area (Å²) in [5.74, 6) is 0.218. The minimum Gasteiger partial charge on any atom is -0.427 e. The molecule has 1 unspecified atom stereocenters. The number of carbonyl (C=O) groups excluding carboxylic acids is 1. The highest BCUT2D eigenvalue weighted by Crippen LogP contribution is 2.33. The Morgan fingerprint density at radius 2 is 2.31 bits per heavy atom. The number of esters is 1. The van der Waals surface area contributed by atoms with E-state index in [1.54, 1.807) is 6.07 Å². The van der Waals surface area contributed by atoms with Crippen LogP contribution in [0.4, 0.5) is 0 Å². The monoisotopic (exact) mass is 222 g/mol. The maximum Gasteiger partial charge on any atom is 0.308 e. The minimum atomic E-state index is -0.328. The number of ether oxygens (including phenoxy) is 1. The first-order valence-corrected chi connectivity index (χ1v) is 5.32. The normalized spacial score (nSPS) is 19.0. The zero-order valence-corrected chi connectivity index (χ0v) is 9.10. The van der Waals surface area contributed by atoms with Crippen LogP contribution in [0.15, 0.2) is 18.2 Å². The van der Waals surface area contributed by atoms with Gasteiger partial charge in [0.2, 0.25) is 0 Å². The molecular weight excluding hydrogens is 208 g/mol. The molecule has 16 heavy (non-hydrogen) atoms. The summed E-state index contributed by atoms with van der Waals surface area (Å²) in [4.78, 5) is 15.2. The van der Waals surface area contributed by atoms with Crippen molar-refractivity contribution < 1.29 is 19.7 Å². The van der Waals surface area contributed by atoms with Crippen molar-refractivity contribution in [2.75, 3.05) is 0 Å². The Bertz CT molecular complexity index is 400. The average Bonchev–Trinajstić information content (AvgIpc) is 2.27. The van der Waals surface area contributed by atoms with Crippen molar-refractivity contribution in [2.45, 2.75) is 32.3 Å². The van der Waals surface area contributed by atoms with Gasteiger partial charge in [0.1, 0.15) is 11.9 Å². The van der Waals surface area contributed by atoms with Gasteiger partial charge in [0.15, 0.2) is 0 Å². The van der Waals surface area contributed by atoms with E-state index >= 15 is 0 Å². The van der Waals surface area contributed by atoms with E-state index in [1.807, 2.05) is 12.1 Å². The number of carbonyl (C=O) groups is 1. The molecular formula is C12H14O4. The smallest absolute Gasteiger partial charge is 0.308 e. The third kappa shape index (κ3) is 2.23. The number of rotatable bonds is 2. The van der Waals surface area contributed by atoms with Crippen molar-refractivity contribution in [1.29, 1.82) is 0 Å². The summed E-state index contributed by atoms with van der Waals surface area (Å²) in [6.07, 6.45) is 2.44. The lowest BCUT2D eigenvalue weighted by Crippen LogP contribution is -2.12. The summed E-state index contributed by atoms with van der Waals surface area (Å²) in [6.45, 7) is 1.37. The number of fused-ring (bicyclic) bond motifs is 1. The molecule has 0 spiro atoms. The van der Waals surface area contributed by atoms with E-state index in [0.717, 1.165) is 30.4 Å². The molecule has 4 heteroatoms. The quantitative estimate of drug-likeness (QED) is 0.361. The first-order chi connectivity index (χ1) is 7.70. The topological polar surface area (TPSA) is 55.8 Å². The van der Waals surface area contributed by atoms with E-state index in [9.17, 15) is 4.79 Å². The average molecular weight is 222 g/mol. The molecule has 86 valence electrons. The Morgan fingerprint density at radius 3 is 3.00 bits per heavy atom. The lowest BCUT2D eigenvalue weighted by Gasteiger charge is -2.23. The molecule has 0 bridgehead atoms. The van der Waals surface area contributed by atoms with Gasteiger partial charge in [-0.25, -0.2) is 4.89 Å². The highest BCUT2D eigenvalue weighted by atomic mass is 17.1. The van der Waals surface area contributed by atoms with Crippen LogP contribution >= 0.6 is 0 Å². The van der Waals surface area contributed by atoms with Crippen LogP contribution in [0.2, 0.25) is 0 Å². The van der Waals surface area contributed by atoms with Gasteiger partial charge >= 0.3 is 5.97 Å². The molecule has 0 saturated heterocycles. The van der Waals surface area contributed by atoms with Gasteiger partial charge < -0.3 is 4.74 Å². The van der Waals surface area contributed by atoms with E-state index in [1.165, 1.54) is 6.92 Å². The summed E-state index contributed by atoms with van der Waals surface area (Å²) in [6, 6.07) is 5.40. The molecule has 0 aromatic heterocycles. The molecule has 0 saturated carbocycles. The fourth-order valence-electron chi connectivity index (χ4n) is 2.09. The third-order valence-corrected chi connectivity index (χ3v) is 2.76. The van der Waals surface area contributed by atoms with Crippen LogP contribution in [0.5, 0.6) is 5.75 Å². The number of aryl methyl sites for hydroxylation is 1. The van der Waals surface area contributed by atoms with Crippen LogP contribution in [0.1, 0.15) is 37.0 Å². The molecule has 0 heterocycles. The molecule has 0 fully saturated rings. The summed E-state index contributed by atoms with van der Waals surface area (Å²) in [5, 5.41) is 8.77. The maximum absolute atomic E-state index is 10.8. The molecule has 0 radical (unpaired) electrons. The predicted octanol–water partition coefficient (Wildman–Crippen LogP) is 2.48. The molecule has 1 N–H and O–H groups in total. The molecule has 1 aliphatic rings. The lowest BCUT2D eigenvalue weighted by molar-refractivity contribution is -0.284. The van der Waals surface area contributed by atoms with Crippen LogP contribution < -0.4 is 4.74 Å². The van der Waals surface area contributed by atoms with Crippen molar-refractivity contribution in [2.24, 2.45) is 0 Å². The molecule has 0 aliphatic heterocycles. The van der Waals surface area contributed by atoms with Crippen LogP contribution in [0.25, 0.3) is 0 Å². The van der Waals surface area contributed by atoms with E-state index in [-0.39, 0.29) is 12.1 Å². The Balaban J connectivity index is 2.28. The fraction of sp³-hybridized carbons (Fsp3) is 0.417. The fourth-order valence-corrected chi connectivity index (χ4v) is 2.09. The minimum absolute atomic E-state index is 0.255. The van der Waals surface area contributed by atoms with Crippen molar-refractivity contribution in [3.05, 3.63) is 29.3 Å². The second-order valence-electron chi connectivity index (χ2n) is 3.94. The van der Waals surface area contributed by atoms with Crippen LogP contribution in [0.3, 0.4) is 0 Å². The molecule has 1 aliphatic carbocycles. The van der Waals surface area contributed by atoms with Crippen molar-refractivity contribution >= 4 is 5.97 Å². The first kappa shape index (κ1) is 11.1. The van der Waals surface area contributed by atoms with Crippen LogP contribution in [0, 0.1) is 0 Å². The van der Waals surface area contributed by atoms with Gasteiger partial charge in [-0.2, -0.15) is 0 Å². The second-order valence-corrected chi connectivity index (χ2v) is 3.94. The Labute approximate surface area is 93.7 Å². The SMILES string of the molecule is CC(=O)Oc1ccc2c(c1)CCCC2OO. The summed E-state index contributed by atoms with van der Waals surface area (Å²) in [5.41, 5.74) is 2.05. The molecule has 1 atom stereocenters. The standard InChI is InChI=1S/C12H14O4/c1-8(13)15-10-5-6-11-9(7-10)3-2-4-12(11)16-14/h5-7,12,14H,2-4H2,1H3. The Hall–Kier alpha value is -1.39. The van der Waals surface area contributed by atoms with E-state index < -0.39 is 0 Å². The van der Waals surface area contributed by atoms with Crippen LogP contribution in [-0.4, -0.2) is 11.2 Å². The number of benzene rings is 1. The Morgan fingerprint density at radius 1 is 1.50 bits per heavy atom. The van der Waals surface area contributed by atoms with Gasteiger partial charge in [-0.3, -0.25) is 10.1 Å². The van der Waals surface area contributed by atoms with E-state index in [4.69, 9.17) is 9.99 Å². The number of hydrogen-bond donors (Lipinski definition) is 1. The maximum atomic E-state index is 10.8. The van der Waals surface area contributed by atoms with E-state index in [0.29, 0.717) is 5.75 Å². The van der Waals surface area contributed by atoms with Gasteiger partial charge in [-0.05, 0) is 42.5 Å². The molecule has 1 aromatic carbocycles. The zero-order chi connectivity index (χ0) is 11.5. The Kier molecular flexibility index (Phi) is 3.22. The van der Waals surface area contributed by atoms with Gasteiger partial charge in [0, 0.05) is 6.92 Å². The highest BCUT2D eigenvalue weighted by molar-refractivity contribution is 5.69. The van der Waals surface area contributed by atoms with Gasteiger partial charge in [0.25, 0.3) is 0 Å². The lowest BCUT2D eigenvalue weighted by atomic mass is 9.89. The predicted molar refractivity (Wildman–Crippen MR) is 57.1 cm³/mol. The van der Waals surface area contributed by atoms with E-state index in [2.05, 4.69) is 4.89 Å². The van der Waals surface area contributed by atoms with Gasteiger partial charge in [0.05, 0.1) is 0 Å². The zero-order valence-electron chi connectivity index (χ0n) is 9.10. The summed E-state index contributed by atoms with van der Waals surface area (Å²) in [7, 11) is 0. The summed E-state index contributed by atoms with van der Waals surface area (Å²) >= 11 is 0. The largest absolute Gasteiger partial charge is 0.427 e. The molecule has 1 aromatic rings. The third-order valence-electron chi connectivity index (χ3n) is 2.76. The summed E-state index contributed by atoms with van der Waals surface area (Å²) < 4.78 is 5.01. The number of hydrogen-bond acceptors (Lipinski definition) is 4.